The summed E-state index contributed by atoms with van der Waals surface area (Å²) in [4.78, 5) is 20.5. The van der Waals surface area contributed by atoms with E-state index in [9.17, 15) is 13.8 Å². The van der Waals surface area contributed by atoms with Gasteiger partial charge in [0.2, 0.25) is 0 Å². The van der Waals surface area contributed by atoms with Gasteiger partial charge in [0.25, 0.3) is 0 Å². The first-order valence-electron chi connectivity index (χ1n) is 3.66. The van der Waals surface area contributed by atoms with E-state index in [0.717, 1.165) is 0 Å². The Bertz CT molecular complexity index is 233. The molecule has 0 saturated heterocycles. The van der Waals surface area contributed by atoms with Gasteiger partial charge in [-0.25, -0.2) is 0 Å². The van der Waals surface area contributed by atoms with E-state index in [1.807, 2.05) is 0 Å². The van der Waals surface area contributed by atoms with Crippen molar-refractivity contribution in [3.05, 3.63) is 0 Å². The van der Waals surface area contributed by atoms with Crippen LogP contribution in [0.25, 0.3) is 0 Å². The second kappa shape index (κ2) is 5.68. The number of aliphatic carboxylic acids is 2. The third-order valence-electron chi connectivity index (χ3n) is 1.37. The minimum Gasteiger partial charge on any atom is -0.480 e. The second-order valence-electron chi connectivity index (χ2n) is 2.66. The van der Waals surface area contributed by atoms with Gasteiger partial charge in [-0.3, -0.25) is 13.8 Å². The normalized spacial score (nSPS) is 17.0. The standard InChI is InChI=1S/C6H12N2O5S/c7-3(5(9)10)1-14(13)2-4(8)6(11)12/h3-4H,1-2,7-8H2,(H,9,10)(H,11,12)/t3-,4+,14?. The molecule has 0 bridgehead atoms. The predicted molar refractivity (Wildman–Crippen MR) is 49.1 cm³/mol. The molecule has 8 heteroatoms. The van der Waals surface area contributed by atoms with Crippen molar-refractivity contribution >= 4 is 22.7 Å². The monoisotopic (exact) mass is 224 g/mol. The summed E-state index contributed by atoms with van der Waals surface area (Å²) in [6, 6.07) is -2.51. The van der Waals surface area contributed by atoms with Gasteiger partial charge in [0.1, 0.15) is 12.1 Å². The summed E-state index contributed by atoms with van der Waals surface area (Å²) in [6.45, 7) is 0. The van der Waals surface area contributed by atoms with Gasteiger partial charge < -0.3 is 21.7 Å². The molecule has 3 atom stereocenters. The molecule has 0 amide bonds. The number of rotatable bonds is 6. The Hall–Kier alpha value is -0.990. The Labute approximate surface area is 82.5 Å². The van der Waals surface area contributed by atoms with Crippen molar-refractivity contribution in [2.75, 3.05) is 11.5 Å². The number of carboxylic acids is 2. The van der Waals surface area contributed by atoms with Crippen LogP contribution < -0.4 is 11.5 Å². The van der Waals surface area contributed by atoms with Crippen LogP contribution in [0.5, 0.6) is 0 Å². The number of nitrogens with two attached hydrogens (primary N) is 2. The van der Waals surface area contributed by atoms with Crippen molar-refractivity contribution in [2.24, 2.45) is 11.5 Å². The van der Waals surface area contributed by atoms with E-state index in [1.165, 1.54) is 0 Å². The minimum atomic E-state index is -1.63. The zero-order valence-corrected chi connectivity index (χ0v) is 8.07. The molecule has 0 aromatic rings. The van der Waals surface area contributed by atoms with Crippen molar-refractivity contribution in [3.8, 4) is 0 Å². The van der Waals surface area contributed by atoms with E-state index < -0.39 is 34.8 Å². The molecule has 1 unspecified atom stereocenters. The predicted octanol–water partition coefficient (Wildman–Crippen LogP) is -2.44. The smallest absolute Gasteiger partial charge is 0.321 e. The lowest BCUT2D eigenvalue weighted by molar-refractivity contribution is -0.138. The third-order valence-corrected chi connectivity index (χ3v) is 2.83. The molecule has 0 fully saturated rings. The maximum atomic E-state index is 11.1. The molecule has 14 heavy (non-hydrogen) atoms. The topological polar surface area (TPSA) is 144 Å². The summed E-state index contributed by atoms with van der Waals surface area (Å²) in [7, 11) is -1.63. The van der Waals surface area contributed by atoms with E-state index in [1.54, 1.807) is 0 Å². The molecular weight excluding hydrogens is 212 g/mol. The van der Waals surface area contributed by atoms with Crippen LogP contribution in [0.2, 0.25) is 0 Å². The minimum absolute atomic E-state index is 0.295. The number of hydrogen-bond donors (Lipinski definition) is 4. The van der Waals surface area contributed by atoms with Crippen molar-refractivity contribution < 1.29 is 24.0 Å². The lowest BCUT2D eigenvalue weighted by atomic mass is 10.4. The van der Waals surface area contributed by atoms with Gasteiger partial charge in [-0.2, -0.15) is 0 Å². The van der Waals surface area contributed by atoms with Crippen LogP contribution >= 0.6 is 0 Å². The fourth-order valence-corrected chi connectivity index (χ4v) is 1.83. The average molecular weight is 224 g/mol. The van der Waals surface area contributed by atoms with Crippen molar-refractivity contribution in [1.29, 1.82) is 0 Å². The quantitative estimate of drug-likeness (QED) is 0.392. The zero-order valence-electron chi connectivity index (χ0n) is 7.25. The molecule has 0 radical (unpaired) electrons. The summed E-state index contributed by atoms with van der Waals surface area (Å²) in [5, 5.41) is 16.7. The van der Waals surface area contributed by atoms with Gasteiger partial charge in [-0.05, 0) is 0 Å². The number of carbonyl (C=O) groups is 2. The number of carboxylic acid groups (broad SMARTS) is 2. The summed E-state index contributed by atoms with van der Waals surface area (Å²) in [5.74, 6) is -3.14. The highest BCUT2D eigenvalue weighted by Crippen LogP contribution is 1.91. The Balaban J connectivity index is 3.99. The van der Waals surface area contributed by atoms with Crippen LogP contribution in [-0.2, 0) is 20.4 Å². The third kappa shape index (κ3) is 4.90. The molecule has 0 aromatic heterocycles. The molecule has 0 aliphatic rings. The second-order valence-corrected chi connectivity index (χ2v) is 4.21. The lowest BCUT2D eigenvalue weighted by Crippen LogP contribution is -2.40. The molecule has 0 aromatic carbocycles. The summed E-state index contributed by atoms with van der Waals surface area (Å²) >= 11 is 0. The summed E-state index contributed by atoms with van der Waals surface area (Å²) in [5.41, 5.74) is 10.2. The molecule has 0 spiro atoms. The molecule has 0 rings (SSSR count). The lowest BCUT2D eigenvalue weighted by Gasteiger charge is -2.08. The van der Waals surface area contributed by atoms with Gasteiger partial charge in [0.15, 0.2) is 0 Å². The van der Waals surface area contributed by atoms with Crippen LogP contribution in [0.4, 0.5) is 0 Å². The van der Waals surface area contributed by atoms with Gasteiger partial charge >= 0.3 is 11.9 Å². The van der Waals surface area contributed by atoms with Crippen LogP contribution in [0, 0.1) is 0 Å². The van der Waals surface area contributed by atoms with E-state index >= 15 is 0 Å². The fourth-order valence-electron chi connectivity index (χ4n) is 0.611. The Morgan fingerprint density at radius 2 is 1.36 bits per heavy atom. The van der Waals surface area contributed by atoms with Crippen molar-refractivity contribution in [2.45, 2.75) is 12.1 Å². The molecule has 0 aliphatic heterocycles. The van der Waals surface area contributed by atoms with E-state index in [2.05, 4.69) is 0 Å². The SMILES string of the molecule is N[C@H](CS(=O)C[C@H](N)C(=O)O)C(=O)O. The van der Waals surface area contributed by atoms with E-state index in [-0.39, 0.29) is 11.5 Å². The van der Waals surface area contributed by atoms with Gasteiger partial charge in [0.05, 0.1) is 0 Å². The molecule has 82 valence electrons. The largest absolute Gasteiger partial charge is 0.480 e. The highest BCUT2D eigenvalue weighted by molar-refractivity contribution is 7.85. The first-order valence-corrected chi connectivity index (χ1v) is 5.15. The zero-order chi connectivity index (χ0) is 11.3. The van der Waals surface area contributed by atoms with Crippen LogP contribution in [-0.4, -0.2) is 49.9 Å². The molecule has 0 aliphatic carbocycles. The summed E-state index contributed by atoms with van der Waals surface area (Å²) < 4.78 is 11.1. The van der Waals surface area contributed by atoms with Crippen molar-refractivity contribution in [3.63, 3.8) is 0 Å². The fraction of sp³-hybridized carbons (Fsp3) is 0.667. The summed E-state index contributed by atoms with van der Waals surface area (Å²) in [6.07, 6.45) is 0. The van der Waals surface area contributed by atoms with Crippen LogP contribution in [0.1, 0.15) is 0 Å². The maximum absolute atomic E-state index is 11.1. The maximum Gasteiger partial charge on any atom is 0.321 e. The van der Waals surface area contributed by atoms with Crippen LogP contribution in [0.3, 0.4) is 0 Å². The molecule has 0 saturated carbocycles. The Morgan fingerprint density at radius 3 is 1.57 bits per heavy atom. The first-order chi connectivity index (χ1) is 6.34. The molecule has 7 nitrogen and oxygen atoms in total. The highest BCUT2D eigenvalue weighted by atomic mass is 32.2. The van der Waals surface area contributed by atoms with Crippen LogP contribution in [0.15, 0.2) is 0 Å². The van der Waals surface area contributed by atoms with Crippen molar-refractivity contribution in [1.82, 2.24) is 0 Å². The molecule has 6 N–H and O–H groups in total. The first kappa shape index (κ1) is 13.0. The number of hydrogen-bond acceptors (Lipinski definition) is 5. The van der Waals surface area contributed by atoms with Gasteiger partial charge in [-0.1, -0.05) is 0 Å². The highest BCUT2D eigenvalue weighted by Gasteiger charge is 2.20. The Kier molecular flexibility index (Phi) is 5.28. The van der Waals surface area contributed by atoms with Gasteiger partial charge in [-0.15, -0.1) is 0 Å². The van der Waals surface area contributed by atoms with E-state index in [0.29, 0.717) is 0 Å². The Morgan fingerprint density at radius 1 is 1.07 bits per heavy atom. The molecule has 0 heterocycles. The van der Waals surface area contributed by atoms with E-state index in [4.69, 9.17) is 21.7 Å². The van der Waals surface area contributed by atoms with Gasteiger partial charge in [0, 0.05) is 22.3 Å². The average Bonchev–Trinajstić information content (AvgIpc) is 2.03. The molecular formula is C6H12N2O5S.